The molecule has 198 valence electrons. The van der Waals surface area contributed by atoms with Crippen LogP contribution in [-0.4, -0.2) is 51.1 Å². The van der Waals surface area contributed by atoms with Crippen LogP contribution in [0.5, 0.6) is 11.5 Å². The van der Waals surface area contributed by atoms with Crippen LogP contribution in [0.25, 0.3) is 11.3 Å². The molecule has 3 aromatic rings. The molecule has 2 aromatic carbocycles. The van der Waals surface area contributed by atoms with Gasteiger partial charge in [-0.05, 0) is 49.7 Å². The summed E-state index contributed by atoms with van der Waals surface area (Å²) in [4.78, 5) is 34.8. The van der Waals surface area contributed by atoms with Gasteiger partial charge in [-0.3, -0.25) is 9.79 Å². The van der Waals surface area contributed by atoms with E-state index in [9.17, 15) is 9.59 Å². The van der Waals surface area contributed by atoms with E-state index in [1.807, 2.05) is 47.8 Å². The quantitative estimate of drug-likeness (QED) is 0.384. The number of carbonyl (C=O) groups is 2. The van der Waals surface area contributed by atoms with E-state index in [0.29, 0.717) is 33.6 Å². The fourth-order valence-electron chi connectivity index (χ4n) is 4.61. The number of benzene rings is 2. The van der Waals surface area contributed by atoms with Crippen molar-refractivity contribution in [2.75, 3.05) is 33.8 Å². The van der Waals surface area contributed by atoms with Crippen molar-refractivity contribution in [1.82, 2.24) is 4.98 Å². The molecule has 0 fully saturated rings. The first-order valence-electron chi connectivity index (χ1n) is 11.8. The molecule has 0 saturated carbocycles. The Bertz CT molecular complexity index is 1430. The molecule has 2 heterocycles. The summed E-state index contributed by atoms with van der Waals surface area (Å²) in [6.45, 7) is 3.50. The van der Waals surface area contributed by atoms with Gasteiger partial charge in [0.25, 0.3) is 0 Å². The molecule has 0 saturated heterocycles. The zero-order valence-electron chi connectivity index (χ0n) is 22.0. The van der Waals surface area contributed by atoms with E-state index in [0.717, 1.165) is 22.5 Å². The monoisotopic (exact) mass is 535 g/mol. The molecular weight excluding hydrogens is 506 g/mol. The lowest BCUT2D eigenvalue weighted by molar-refractivity contribution is -0.143. The van der Waals surface area contributed by atoms with Crippen molar-refractivity contribution in [3.05, 3.63) is 64.7 Å². The second-order valence-electron chi connectivity index (χ2n) is 8.58. The molecule has 0 bridgehead atoms. The second kappa shape index (κ2) is 11.5. The van der Waals surface area contributed by atoms with Crippen molar-refractivity contribution in [2.24, 2.45) is 10.9 Å². The van der Waals surface area contributed by atoms with Crippen molar-refractivity contribution in [1.29, 1.82) is 0 Å². The molecule has 2 atom stereocenters. The summed E-state index contributed by atoms with van der Waals surface area (Å²) in [5, 5.41) is 5.92. The van der Waals surface area contributed by atoms with Crippen LogP contribution in [0, 0.1) is 5.92 Å². The van der Waals surface area contributed by atoms with E-state index >= 15 is 0 Å². The number of aliphatic imine (C=N–C) groups is 1. The van der Waals surface area contributed by atoms with Crippen LogP contribution in [0.4, 0.5) is 10.8 Å². The molecule has 0 spiro atoms. The number of methoxy groups -OCH3 is 4. The van der Waals surface area contributed by atoms with Gasteiger partial charge in [-0.1, -0.05) is 12.1 Å². The van der Waals surface area contributed by atoms with Crippen molar-refractivity contribution in [3.63, 3.8) is 0 Å². The van der Waals surface area contributed by atoms with Crippen LogP contribution in [0.2, 0.25) is 0 Å². The molecule has 10 heteroatoms. The van der Waals surface area contributed by atoms with E-state index in [-0.39, 0.29) is 0 Å². The molecule has 38 heavy (non-hydrogen) atoms. The van der Waals surface area contributed by atoms with Crippen molar-refractivity contribution in [2.45, 2.75) is 19.8 Å². The third kappa shape index (κ3) is 5.26. The minimum atomic E-state index is -0.764. The summed E-state index contributed by atoms with van der Waals surface area (Å²) >= 11 is 1.44. The van der Waals surface area contributed by atoms with Gasteiger partial charge in [-0.25, -0.2) is 9.78 Å². The fraction of sp³-hybridized carbons (Fsp3) is 0.286. The minimum absolute atomic E-state index is 0.326. The largest absolute Gasteiger partial charge is 0.497 e. The Morgan fingerprint density at radius 3 is 2.45 bits per heavy atom. The third-order valence-corrected chi connectivity index (χ3v) is 7.13. The summed E-state index contributed by atoms with van der Waals surface area (Å²) < 4.78 is 21.0. The third-order valence-electron chi connectivity index (χ3n) is 6.37. The normalized spacial score (nSPS) is 16.9. The highest BCUT2D eigenvalue weighted by Gasteiger charge is 2.42. The number of ether oxygens (including phenoxy) is 4. The molecule has 1 aliphatic heterocycles. The Labute approximate surface area is 225 Å². The Morgan fingerprint density at radius 2 is 1.76 bits per heavy atom. The maximum Gasteiger partial charge on any atom is 0.336 e. The zero-order chi connectivity index (χ0) is 27.4. The van der Waals surface area contributed by atoms with E-state index < -0.39 is 23.8 Å². The first-order valence-corrected chi connectivity index (χ1v) is 12.7. The fourth-order valence-corrected chi connectivity index (χ4v) is 5.34. The molecule has 4 rings (SSSR count). The lowest BCUT2D eigenvalue weighted by Crippen LogP contribution is -2.36. The number of hydrogen-bond donors (Lipinski definition) is 1. The zero-order valence-corrected chi connectivity index (χ0v) is 22.8. The number of nitrogens with zero attached hydrogens (tertiary/aromatic N) is 2. The molecule has 1 aliphatic rings. The summed E-state index contributed by atoms with van der Waals surface area (Å²) in [6, 6.07) is 13.1. The van der Waals surface area contributed by atoms with Crippen molar-refractivity contribution < 1.29 is 28.5 Å². The van der Waals surface area contributed by atoms with Gasteiger partial charge in [0, 0.05) is 34.0 Å². The Hall–Kier alpha value is -4.18. The lowest BCUT2D eigenvalue weighted by Gasteiger charge is -2.31. The Kier molecular flexibility index (Phi) is 8.11. The first-order chi connectivity index (χ1) is 18.3. The number of allylic oxidation sites excluding steroid dienone is 1. The maximum atomic E-state index is 12.8. The minimum Gasteiger partial charge on any atom is -0.497 e. The highest BCUT2D eigenvalue weighted by Crippen LogP contribution is 2.41. The van der Waals surface area contributed by atoms with E-state index in [4.69, 9.17) is 23.9 Å². The van der Waals surface area contributed by atoms with Crippen LogP contribution >= 0.6 is 11.3 Å². The van der Waals surface area contributed by atoms with Crippen molar-refractivity contribution in [3.8, 4) is 22.8 Å². The predicted molar refractivity (Wildman–Crippen MR) is 146 cm³/mol. The lowest BCUT2D eigenvalue weighted by atomic mass is 9.75. The summed E-state index contributed by atoms with van der Waals surface area (Å²) in [5.74, 6) is -1.01. The van der Waals surface area contributed by atoms with Gasteiger partial charge >= 0.3 is 11.9 Å². The van der Waals surface area contributed by atoms with Crippen LogP contribution in [0.15, 0.2) is 64.1 Å². The molecular formula is C28H29N3O6S. The average Bonchev–Trinajstić information content (AvgIpc) is 3.39. The van der Waals surface area contributed by atoms with E-state index in [2.05, 4.69) is 10.3 Å². The summed E-state index contributed by atoms with van der Waals surface area (Å²) in [7, 11) is 5.86. The van der Waals surface area contributed by atoms with Crippen LogP contribution in [0.3, 0.4) is 0 Å². The molecule has 0 radical (unpaired) electrons. The number of thiazole rings is 1. The molecule has 1 N–H and O–H groups in total. The van der Waals surface area contributed by atoms with Gasteiger partial charge in [0.1, 0.15) is 17.4 Å². The smallest absolute Gasteiger partial charge is 0.336 e. The van der Waals surface area contributed by atoms with Gasteiger partial charge < -0.3 is 24.3 Å². The number of aromatic nitrogens is 1. The topological polar surface area (TPSA) is 108 Å². The predicted octanol–water partition coefficient (Wildman–Crippen LogP) is 5.37. The highest BCUT2D eigenvalue weighted by atomic mass is 32.1. The van der Waals surface area contributed by atoms with Gasteiger partial charge in [0.2, 0.25) is 0 Å². The van der Waals surface area contributed by atoms with Gasteiger partial charge in [0.05, 0.1) is 39.7 Å². The molecule has 9 nitrogen and oxygen atoms in total. The van der Waals surface area contributed by atoms with E-state index in [1.165, 1.54) is 25.6 Å². The molecule has 1 aromatic heterocycles. The standard InChI is InChI=1S/C28H29N3O6S/c1-15-23(26(32)36-5)25(24(16(2)29-15)27(33)37-6)17-8-7-9-18(12-17)30-28-31-21(14-38-28)20-13-19(34-3)10-11-22(20)35-4/h7-14,23,25H,1-6H3,(H,30,31). The molecule has 0 amide bonds. The number of anilines is 2. The first kappa shape index (κ1) is 26.9. The number of esters is 2. The number of nitrogens with one attached hydrogen (secondary N) is 1. The van der Waals surface area contributed by atoms with Crippen LogP contribution in [-0.2, 0) is 19.1 Å². The average molecular weight is 536 g/mol. The Balaban J connectivity index is 1.69. The summed E-state index contributed by atoms with van der Waals surface area (Å²) in [6.07, 6.45) is 0. The van der Waals surface area contributed by atoms with Crippen LogP contribution in [0.1, 0.15) is 25.3 Å². The van der Waals surface area contributed by atoms with Gasteiger partial charge in [-0.15, -0.1) is 11.3 Å². The summed E-state index contributed by atoms with van der Waals surface area (Å²) in [5.41, 5.74) is 4.44. The Morgan fingerprint density at radius 1 is 0.974 bits per heavy atom. The van der Waals surface area contributed by atoms with Crippen molar-refractivity contribution >= 4 is 39.8 Å². The second-order valence-corrected chi connectivity index (χ2v) is 9.44. The number of hydrogen-bond acceptors (Lipinski definition) is 10. The van der Waals surface area contributed by atoms with E-state index in [1.54, 1.807) is 28.1 Å². The SMILES string of the molecule is COC(=O)C1=C(C)N=C(C)C(C(=O)OC)C1c1cccc(Nc2nc(-c3cc(OC)ccc3OC)cs2)c1. The number of carbonyl (C=O) groups excluding carboxylic acids is 2. The van der Waals surface area contributed by atoms with Gasteiger partial charge in [0.15, 0.2) is 5.13 Å². The van der Waals surface area contributed by atoms with Gasteiger partial charge in [-0.2, -0.15) is 0 Å². The molecule has 2 unspecified atom stereocenters. The molecule has 0 aliphatic carbocycles. The maximum absolute atomic E-state index is 12.8. The highest BCUT2D eigenvalue weighted by molar-refractivity contribution is 7.14. The number of rotatable bonds is 8. The van der Waals surface area contributed by atoms with Crippen LogP contribution < -0.4 is 14.8 Å².